The van der Waals surface area contributed by atoms with Gasteiger partial charge in [0, 0.05) is 11.9 Å². The van der Waals surface area contributed by atoms with Gasteiger partial charge in [-0.05, 0) is 48.4 Å². The molecule has 2 aromatic rings. The maximum absolute atomic E-state index is 13.1. The van der Waals surface area contributed by atoms with Crippen LogP contribution in [0.25, 0.3) is 0 Å². The zero-order valence-corrected chi connectivity index (χ0v) is 8.91. The SMILES string of the molecule is Fc1ccc2c(c1)CC[C@@H]2Cc1cnc[nH]1. The van der Waals surface area contributed by atoms with Crippen LogP contribution in [0.2, 0.25) is 0 Å². The molecule has 0 amide bonds. The Balaban J connectivity index is 1.86. The van der Waals surface area contributed by atoms with Crippen molar-refractivity contribution in [1.82, 2.24) is 9.97 Å². The summed E-state index contributed by atoms with van der Waals surface area (Å²) in [4.78, 5) is 7.14. The Morgan fingerprint density at radius 1 is 1.44 bits per heavy atom. The zero-order valence-electron chi connectivity index (χ0n) is 8.91. The molecule has 0 unspecified atom stereocenters. The monoisotopic (exact) mass is 216 g/mol. The molecule has 2 nitrogen and oxygen atoms in total. The summed E-state index contributed by atoms with van der Waals surface area (Å²) in [6, 6.07) is 5.16. The third kappa shape index (κ3) is 1.62. The number of H-pyrrole nitrogens is 1. The van der Waals surface area contributed by atoms with Crippen molar-refractivity contribution in [1.29, 1.82) is 0 Å². The van der Waals surface area contributed by atoms with E-state index in [0.717, 1.165) is 25.0 Å². The Morgan fingerprint density at radius 3 is 3.19 bits per heavy atom. The lowest BCUT2D eigenvalue weighted by molar-refractivity contribution is 0.625. The molecular weight excluding hydrogens is 203 g/mol. The first-order valence-corrected chi connectivity index (χ1v) is 5.58. The Bertz CT molecular complexity index is 491. The molecule has 1 aliphatic rings. The second-order valence-corrected chi connectivity index (χ2v) is 4.36. The number of nitrogens with zero attached hydrogens (tertiary/aromatic N) is 1. The highest BCUT2D eigenvalue weighted by atomic mass is 19.1. The third-order valence-corrected chi connectivity index (χ3v) is 3.33. The van der Waals surface area contributed by atoms with Crippen LogP contribution in [0, 0.1) is 5.82 Å². The van der Waals surface area contributed by atoms with Gasteiger partial charge < -0.3 is 4.98 Å². The molecule has 0 aliphatic heterocycles. The van der Waals surface area contributed by atoms with Crippen molar-refractivity contribution in [3.63, 3.8) is 0 Å². The first-order chi connectivity index (χ1) is 7.83. The van der Waals surface area contributed by atoms with Crippen molar-refractivity contribution in [2.75, 3.05) is 0 Å². The lowest BCUT2D eigenvalue weighted by atomic mass is 9.96. The van der Waals surface area contributed by atoms with Gasteiger partial charge in [-0.2, -0.15) is 0 Å². The van der Waals surface area contributed by atoms with Gasteiger partial charge >= 0.3 is 0 Å². The van der Waals surface area contributed by atoms with E-state index in [1.165, 1.54) is 11.1 Å². The predicted molar refractivity (Wildman–Crippen MR) is 59.8 cm³/mol. The number of halogens is 1. The van der Waals surface area contributed by atoms with Gasteiger partial charge in [0.2, 0.25) is 0 Å². The highest BCUT2D eigenvalue weighted by molar-refractivity contribution is 5.36. The number of benzene rings is 1. The van der Waals surface area contributed by atoms with E-state index in [2.05, 4.69) is 9.97 Å². The van der Waals surface area contributed by atoms with Crippen LogP contribution in [0.4, 0.5) is 4.39 Å². The fourth-order valence-corrected chi connectivity index (χ4v) is 2.55. The molecule has 0 spiro atoms. The normalized spacial score (nSPS) is 18.7. The fraction of sp³-hybridized carbons (Fsp3) is 0.308. The first kappa shape index (κ1) is 9.58. The minimum atomic E-state index is -0.124. The standard InChI is InChI=1S/C13H13FN2/c14-11-3-4-13-9(5-11)1-2-10(13)6-12-7-15-8-16-12/h3-5,7-8,10H,1-2,6H2,(H,15,16)/t10-/m1/s1. The van der Waals surface area contributed by atoms with Crippen molar-refractivity contribution in [3.8, 4) is 0 Å². The summed E-state index contributed by atoms with van der Waals surface area (Å²) in [6.07, 6.45) is 6.64. The number of aromatic amines is 1. The van der Waals surface area contributed by atoms with Gasteiger partial charge in [-0.3, -0.25) is 0 Å². The topological polar surface area (TPSA) is 28.7 Å². The van der Waals surface area contributed by atoms with Crippen molar-refractivity contribution in [2.45, 2.75) is 25.2 Å². The molecule has 0 saturated carbocycles. The molecule has 0 radical (unpaired) electrons. The number of hydrogen-bond donors (Lipinski definition) is 1. The number of fused-ring (bicyclic) bond motifs is 1. The number of aryl methyl sites for hydroxylation is 1. The maximum atomic E-state index is 13.1. The van der Waals surface area contributed by atoms with E-state index in [-0.39, 0.29) is 5.82 Å². The lowest BCUT2D eigenvalue weighted by Gasteiger charge is -2.09. The van der Waals surface area contributed by atoms with Crippen LogP contribution in [0.3, 0.4) is 0 Å². The summed E-state index contributed by atoms with van der Waals surface area (Å²) in [7, 11) is 0. The van der Waals surface area contributed by atoms with Crippen LogP contribution >= 0.6 is 0 Å². The van der Waals surface area contributed by atoms with Gasteiger partial charge in [0.15, 0.2) is 0 Å². The molecule has 1 N–H and O–H groups in total. The Hall–Kier alpha value is -1.64. The average Bonchev–Trinajstić information content (AvgIpc) is 2.89. The van der Waals surface area contributed by atoms with Crippen LogP contribution in [0.15, 0.2) is 30.7 Å². The van der Waals surface area contributed by atoms with Gasteiger partial charge in [0.1, 0.15) is 5.82 Å². The molecule has 1 aromatic heterocycles. The van der Waals surface area contributed by atoms with Crippen LogP contribution < -0.4 is 0 Å². The molecule has 0 saturated heterocycles. The quantitative estimate of drug-likeness (QED) is 0.821. The molecule has 1 atom stereocenters. The van der Waals surface area contributed by atoms with Crippen molar-refractivity contribution in [3.05, 3.63) is 53.4 Å². The number of hydrogen-bond acceptors (Lipinski definition) is 1. The summed E-state index contributed by atoms with van der Waals surface area (Å²) < 4.78 is 13.1. The first-order valence-electron chi connectivity index (χ1n) is 5.58. The van der Waals surface area contributed by atoms with Crippen molar-refractivity contribution >= 4 is 0 Å². The van der Waals surface area contributed by atoms with Gasteiger partial charge in [-0.15, -0.1) is 0 Å². The highest BCUT2D eigenvalue weighted by Gasteiger charge is 2.23. The van der Waals surface area contributed by atoms with Crippen LogP contribution in [0.5, 0.6) is 0 Å². The van der Waals surface area contributed by atoms with Crippen LogP contribution in [-0.2, 0) is 12.8 Å². The maximum Gasteiger partial charge on any atom is 0.123 e. The van der Waals surface area contributed by atoms with E-state index in [1.54, 1.807) is 18.5 Å². The van der Waals surface area contributed by atoms with Crippen LogP contribution in [-0.4, -0.2) is 9.97 Å². The second kappa shape index (κ2) is 3.74. The average molecular weight is 216 g/mol. The Morgan fingerprint density at radius 2 is 2.38 bits per heavy atom. The minimum Gasteiger partial charge on any atom is -0.348 e. The molecule has 1 aliphatic carbocycles. The predicted octanol–water partition coefficient (Wildman–Crippen LogP) is 2.82. The third-order valence-electron chi connectivity index (χ3n) is 3.33. The van der Waals surface area contributed by atoms with Gasteiger partial charge in [-0.25, -0.2) is 9.37 Å². The largest absolute Gasteiger partial charge is 0.348 e. The molecule has 1 heterocycles. The smallest absolute Gasteiger partial charge is 0.123 e. The zero-order chi connectivity index (χ0) is 11.0. The van der Waals surface area contributed by atoms with Gasteiger partial charge in [-0.1, -0.05) is 6.07 Å². The molecule has 1 aromatic carbocycles. The van der Waals surface area contributed by atoms with E-state index in [1.807, 2.05) is 12.3 Å². The Labute approximate surface area is 93.5 Å². The number of imidazole rings is 1. The van der Waals surface area contributed by atoms with Crippen LogP contribution in [0.1, 0.15) is 29.2 Å². The van der Waals surface area contributed by atoms with E-state index in [4.69, 9.17) is 0 Å². The lowest BCUT2D eigenvalue weighted by Crippen LogP contribution is -1.99. The fourth-order valence-electron chi connectivity index (χ4n) is 2.55. The molecule has 3 heteroatoms. The molecule has 16 heavy (non-hydrogen) atoms. The molecule has 82 valence electrons. The number of nitrogens with one attached hydrogen (secondary N) is 1. The van der Waals surface area contributed by atoms with Crippen molar-refractivity contribution in [2.24, 2.45) is 0 Å². The Kier molecular flexibility index (Phi) is 2.24. The molecule has 3 rings (SSSR count). The van der Waals surface area contributed by atoms with Gasteiger partial charge in [0.05, 0.1) is 6.33 Å². The van der Waals surface area contributed by atoms with E-state index in [9.17, 15) is 4.39 Å². The number of aromatic nitrogens is 2. The molecule has 0 fully saturated rings. The molecule has 0 bridgehead atoms. The van der Waals surface area contributed by atoms with Crippen molar-refractivity contribution < 1.29 is 4.39 Å². The summed E-state index contributed by atoms with van der Waals surface area (Å²) in [5, 5.41) is 0. The second-order valence-electron chi connectivity index (χ2n) is 4.36. The summed E-state index contributed by atoms with van der Waals surface area (Å²) in [6.45, 7) is 0. The highest BCUT2D eigenvalue weighted by Crippen LogP contribution is 2.35. The summed E-state index contributed by atoms with van der Waals surface area (Å²) in [5.41, 5.74) is 3.63. The summed E-state index contributed by atoms with van der Waals surface area (Å²) in [5.74, 6) is 0.386. The van der Waals surface area contributed by atoms with E-state index in [0.29, 0.717) is 5.92 Å². The number of rotatable bonds is 2. The van der Waals surface area contributed by atoms with E-state index < -0.39 is 0 Å². The molecular formula is C13H13FN2. The summed E-state index contributed by atoms with van der Waals surface area (Å²) >= 11 is 0. The van der Waals surface area contributed by atoms with E-state index >= 15 is 0 Å². The van der Waals surface area contributed by atoms with Gasteiger partial charge in [0.25, 0.3) is 0 Å². The minimum absolute atomic E-state index is 0.124.